The maximum Gasteiger partial charge on any atom is 0.319 e. The van der Waals surface area contributed by atoms with E-state index in [1.54, 1.807) is 36.3 Å². The van der Waals surface area contributed by atoms with E-state index in [2.05, 4.69) is 17.6 Å². The van der Waals surface area contributed by atoms with Gasteiger partial charge in [-0.2, -0.15) is 0 Å². The number of para-hydroxylation sites is 1. The predicted octanol–water partition coefficient (Wildman–Crippen LogP) is 4.78. The monoisotopic (exact) mass is 429 g/mol. The fraction of sp³-hybridized carbons (Fsp3) is 0.231. The van der Waals surface area contributed by atoms with Gasteiger partial charge in [0.2, 0.25) is 0 Å². The van der Waals surface area contributed by atoms with Crippen LogP contribution in [0.5, 0.6) is 5.75 Å². The van der Waals surface area contributed by atoms with Gasteiger partial charge in [0, 0.05) is 30.0 Å². The Hall–Kier alpha value is -3.80. The van der Waals surface area contributed by atoms with Gasteiger partial charge in [-0.3, -0.25) is 4.79 Å². The van der Waals surface area contributed by atoms with Crippen LogP contribution in [-0.2, 0) is 19.4 Å². The molecule has 0 saturated heterocycles. The summed E-state index contributed by atoms with van der Waals surface area (Å²) in [6.07, 6.45) is 1.67. The van der Waals surface area contributed by atoms with Gasteiger partial charge in [-0.15, -0.1) is 0 Å². The average Bonchev–Trinajstić information content (AvgIpc) is 3.26. The van der Waals surface area contributed by atoms with E-state index < -0.39 is 0 Å². The van der Waals surface area contributed by atoms with E-state index in [1.807, 2.05) is 42.5 Å². The van der Waals surface area contributed by atoms with Crippen LogP contribution in [0.15, 0.2) is 66.7 Å². The Labute approximate surface area is 188 Å². The first-order valence-electron chi connectivity index (χ1n) is 10.8. The molecule has 0 saturated carbocycles. The molecule has 164 valence electrons. The van der Waals surface area contributed by atoms with Crippen LogP contribution in [-0.4, -0.2) is 25.6 Å². The highest BCUT2D eigenvalue weighted by molar-refractivity contribution is 6.07. The molecule has 4 rings (SSSR count). The molecule has 1 aliphatic heterocycles. The zero-order chi connectivity index (χ0) is 22.5. The summed E-state index contributed by atoms with van der Waals surface area (Å²) in [6, 6.07) is 20.7. The van der Waals surface area contributed by atoms with Gasteiger partial charge in [-0.1, -0.05) is 37.3 Å². The Kier molecular flexibility index (Phi) is 6.40. The largest absolute Gasteiger partial charge is 0.497 e. The highest BCUT2D eigenvalue weighted by Gasteiger charge is 2.26. The van der Waals surface area contributed by atoms with Gasteiger partial charge in [0.05, 0.1) is 7.11 Å². The summed E-state index contributed by atoms with van der Waals surface area (Å²) in [7, 11) is 1.60. The van der Waals surface area contributed by atoms with Gasteiger partial charge >= 0.3 is 6.03 Å². The third-order valence-corrected chi connectivity index (χ3v) is 5.73. The molecule has 0 aromatic heterocycles. The highest BCUT2D eigenvalue weighted by Crippen LogP contribution is 2.30. The van der Waals surface area contributed by atoms with Gasteiger partial charge < -0.3 is 20.3 Å². The molecule has 6 heteroatoms. The molecule has 0 spiro atoms. The highest BCUT2D eigenvalue weighted by atomic mass is 16.5. The van der Waals surface area contributed by atoms with Crippen LogP contribution in [0.3, 0.4) is 0 Å². The number of aryl methyl sites for hydroxylation is 1. The molecule has 3 aromatic rings. The van der Waals surface area contributed by atoms with E-state index >= 15 is 0 Å². The molecule has 1 aliphatic rings. The molecule has 2 N–H and O–H groups in total. The van der Waals surface area contributed by atoms with E-state index in [0.29, 0.717) is 18.7 Å². The van der Waals surface area contributed by atoms with E-state index in [4.69, 9.17) is 4.74 Å². The minimum Gasteiger partial charge on any atom is -0.497 e. The lowest BCUT2D eigenvalue weighted by Gasteiger charge is -2.18. The number of nitrogens with zero attached hydrogens (tertiary/aromatic N) is 1. The lowest BCUT2D eigenvalue weighted by Crippen LogP contribution is -2.30. The quantitative estimate of drug-likeness (QED) is 0.592. The fourth-order valence-electron chi connectivity index (χ4n) is 3.93. The topological polar surface area (TPSA) is 70.7 Å². The van der Waals surface area contributed by atoms with Crippen LogP contribution in [0.2, 0.25) is 0 Å². The maximum absolute atomic E-state index is 13.1. The van der Waals surface area contributed by atoms with Crippen molar-refractivity contribution in [2.45, 2.75) is 26.3 Å². The molecular weight excluding hydrogens is 402 g/mol. The van der Waals surface area contributed by atoms with Crippen molar-refractivity contribution in [1.82, 2.24) is 5.32 Å². The summed E-state index contributed by atoms with van der Waals surface area (Å²) >= 11 is 0. The van der Waals surface area contributed by atoms with Crippen molar-refractivity contribution in [3.63, 3.8) is 0 Å². The van der Waals surface area contributed by atoms with Crippen LogP contribution < -0.4 is 20.3 Å². The van der Waals surface area contributed by atoms with Crippen molar-refractivity contribution >= 4 is 23.3 Å². The van der Waals surface area contributed by atoms with Gasteiger partial charge in [0.15, 0.2) is 0 Å². The van der Waals surface area contributed by atoms with Gasteiger partial charge in [-0.05, 0) is 65.9 Å². The summed E-state index contributed by atoms with van der Waals surface area (Å²) in [6.45, 7) is 3.07. The van der Waals surface area contributed by atoms with Crippen molar-refractivity contribution < 1.29 is 14.3 Å². The smallest absolute Gasteiger partial charge is 0.319 e. The first kappa shape index (κ1) is 21.4. The Morgan fingerprint density at radius 1 is 1.03 bits per heavy atom. The van der Waals surface area contributed by atoms with Crippen molar-refractivity contribution in [2.24, 2.45) is 0 Å². The Balaban J connectivity index is 1.43. The molecule has 0 atom stereocenters. The summed E-state index contributed by atoms with van der Waals surface area (Å²) in [5, 5.41) is 5.83. The lowest BCUT2D eigenvalue weighted by molar-refractivity contribution is 0.0989. The molecule has 3 aromatic carbocycles. The summed E-state index contributed by atoms with van der Waals surface area (Å²) in [5.41, 5.74) is 5.51. The number of methoxy groups -OCH3 is 1. The zero-order valence-corrected chi connectivity index (χ0v) is 18.4. The molecule has 1 heterocycles. The van der Waals surface area contributed by atoms with Crippen molar-refractivity contribution in [2.75, 3.05) is 23.9 Å². The van der Waals surface area contributed by atoms with Crippen molar-refractivity contribution in [3.05, 3.63) is 89.0 Å². The SMILES string of the molecule is CCc1ccccc1NC(=O)NCc1ccc2c(c1)N(C(=O)c1ccc(OC)cc1)CC2. The minimum atomic E-state index is -0.252. The van der Waals surface area contributed by atoms with E-state index in [-0.39, 0.29) is 11.9 Å². The number of anilines is 2. The summed E-state index contributed by atoms with van der Waals surface area (Å²) in [4.78, 5) is 27.3. The molecule has 0 bridgehead atoms. The molecule has 6 nitrogen and oxygen atoms in total. The Morgan fingerprint density at radius 3 is 2.56 bits per heavy atom. The second-order valence-electron chi connectivity index (χ2n) is 7.72. The molecule has 32 heavy (non-hydrogen) atoms. The standard InChI is InChI=1S/C26H27N3O3/c1-3-19-6-4-5-7-23(19)28-26(31)27-17-18-8-9-20-14-15-29(24(20)16-18)25(30)21-10-12-22(32-2)13-11-21/h4-13,16H,3,14-15,17H2,1-2H3,(H2,27,28,31). The van der Waals surface area contributed by atoms with Crippen LogP contribution >= 0.6 is 0 Å². The minimum absolute atomic E-state index is 0.0366. The number of urea groups is 1. The third kappa shape index (κ3) is 4.59. The van der Waals surface area contributed by atoms with E-state index in [0.717, 1.165) is 46.7 Å². The third-order valence-electron chi connectivity index (χ3n) is 5.73. The fourth-order valence-corrected chi connectivity index (χ4v) is 3.93. The molecule has 3 amide bonds. The van der Waals surface area contributed by atoms with Crippen molar-refractivity contribution in [1.29, 1.82) is 0 Å². The molecular formula is C26H27N3O3. The van der Waals surface area contributed by atoms with Gasteiger partial charge in [0.1, 0.15) is 5.75 Å². The normalized spacial score (nSPS) is 12.2. The first-order valence-corrected chi connectivity index (χ1v) is 10.8. The summed E-state index contributed by atoms with van der Waals surface area (Å²) < 4.78 is 5.18. The predicted molar refractivity (Wildman–Crippen MR) is 126 cm³/mol. The Morgan fingerprint density at radius 2 is 1.81 bits per heavy atom. The van der Waals surface area contributed by atoms with Crippen LogP contribution in [0, 0.1) is 0 Å². The number of hydrogen-bond acceptors (Lipinski definition) is 3. The zero-order valence-electron chi connectivity index (χ0n) is 18.4. The second kappa shape index (κ2) is 9.56. The number of hydrogen-bond donors (Lipinski definition) is 2. The number of rotatable bonds is 6. The van der Waals surface area contributed by atoms with Gasteiger partial charge in [0.25, 0.3) is 5.91 Å². The van der Waals surface area contributed by atoms with Crippen molar-refractivity contribution in [3.8, 4) is 5.75 Å². The summed E-state index contributed by atoms with van der Waals surface area (Å²) in [5.74, 6) is 0.682. The molecule has 0 aliphatic carbocycles. The van der Waals surface area contributed by atoms with E-state index in [9.17, 15) is 9.59 Å². The molecule has 0 radical (unpaired) electrons. The number of carbonyl (C=O) groups excluding carboxylic acids is 2. The number of carbonyl (C=O) groups is 2. The lowest BCUT2D eigenvalue weighted by atomic mass is 10.1. The number of amides is 3. The number of fused-ring (bicyclic) bond motifs is 1. The van der Waals surface area contributed by atoms with Gasteiger partial charge in [-0.25, -0.2) is 4.79 Å². The maximum atomic E-state index is 13.1. The Bertz CT molecular complexity index is 1130. The number of ether oxygens (including phenoxy) is 1. The second-order valence-corrected chi connectivity index (χ2v) is 7.72. The van der Waals surface area contributed by atoms with Crippen LogP contribution in [0.25, 0.3) is 0 Å². The van der Waals surface area contributed by atoms with Crippen LogP contribution in [0.1, 0.15) is 34.0 Å². The first-order chi connectivity index (χ1) is 15.6. The average molecular weight is 430 g/mol. The van der Waals surface area contributed by atoms with Crippen LogP contribution in [0.4, 0.5) is 16.2 Å². The number of nitrogens with one attached hydrogen (secondary N) is 2. The molecule has 0 unspecified atom stereocenters. The number of benzene rings is 3. The molecule has 0 fully saturated rings. The van der Waals surface area contributed by atoms with E-state index in [1.165, 1.54) is 0 Å².